The van der Waals surface area contributed by atoms with E-state index in [0.29, 0.717) is 17.2 Å². The number of benzene rings is 1. The highest BCUT2D eigenvalue weighted by Gasteiger charge is 2.08. The summed E-state index contributed by atoms with van der Waals surface area (Å²) in [6, 6.07) is 5.25. The summed E-state index contributed by atoms with van der Waals surface area (Å²) in [6.07, 6.45) is 0.863. The Balaban J connectivity index is 2.91. The number of hydrogen-bond donors (Lipinski definition) is 0. The molecule has 2 nitrogen and oxygen atoms in total. The van der Waals surface area contributed by atoms with Gasteiger partial charge in [0.1, 0.15) is 0 Å². The number of rotatable bonds is 3. The maximum atomic E-state index is 11.3. The molecule has 0 radical (unpaired) electrons. The molecule has 1 rings (SSSR count). The van der Waals surface area contributed by atoms with Crippen molar-refractivity contribution in [3.05, 3.63) is 34.3 Å². The second-order valence-electron chi connectivity index (χ2n) is 2.88. The Bertz CT molecular complexity index is 334. The van der Waals surface area contributed by atoms with Crippen LogP contribution in [0.5, 0.6) is 0 Å². The van der Waals surface area contributed by atoms with E-state index in [2.05, 4.69) is 0 Å². The highest BCUT2D eigenvalue weighted by molar-refractivity contribution is 6.31. The van der Waals surface area contributed by atoms with Gasteiger partial charge in [0.2, 0.25) is 0 Å². The molecule has 0 unspecified atom stereocenters. The summed E-state index contributed by atoms with van der Waals surface area (Å²) in [5.74, 6) is -0.322. The van der Waals surface area contributed by atoms with Gasteiger partial charge in [-0.15, -0.1) is 0 Å². The van der Waals surface area contributed by atoms with Crippen molar-refractivity contribution in [2.24, 2.45) is 0 Å². The van der Waals surface area contributed by atoms with E-state index in [4.69, 9.17) is 16.3 Å². The van der Waals surface area contributed by atoms with E-state index in [9.17, 15) is 4.79 Å². The van der Waals surface area contributed by atoms with E-state index in [1.165, 1.54) is 0 Å². The van der Waals surface area contributed by atoms with E-state index < -0.39 is 0 Å². The van der Waals surface area contributed by atoms with Crippen LogP contribution in [0.15, 0.2) is 18.2 Å². The zero-order chi connectivity index (χ0) is 10.6. The Labute approximate surface area is 88.8 Å². The van der Waals surface area contributed by atoms with Crippen molar-refractivity contribution in [3.8, 4) is 0 Å². The Hall–Kier alpha value is -1.02. The first kappa shape index (κ1) is 11.1. The van der Waals surface area contributed by atoms with Crippen LogP contribution in [0.25, 0.3) is 0 Å². The Kier molecular flexibility index (Phi) is 3.96. The fourth-order valence-corrected chi connectivity index (χ4v) is 1.49. The predicted octanol–water partition coefficient (Wildman–Crippen LogP) is 3.08. The molecular formula is C11H13ClO2. The van der Waals surface area contributed by atoms with E-state index in [1.807, 2.05) is 13.0 Å². The van der Waals surface area contributed by atoms with Crippen molar-refractivity contribution in [2.45, 2.75) is 20.3 Å². The maximum absolute atomic E-state index is 11.3. The molecule has 14 heavy (non-hydrogen) atoms. The van der Waals surface area contributed by atoms with Gasteiger partial charge >= 0.3 is 5.97 Å². The molecule has 0 aromatic heterocycles. The summed E-state index contributed by atoms with van der Waals surface area (Å²) < 4.78 is 4.86. The second-order valence-corrected chi connectivity index (χ2v) is 3.29. The zero-order valence-corrected chi connectivity index (χ0v) is 9.10. The third kappa shape index (κ3) is 2.48. The molecule has 0 spiro atoms. The molecule has 0 bridgehead atoms. The molecule has 0 aliphatic carbocycles. The lowest BCUT2D eigenvalue weighted by Crippen LogP contribution is -2.04. The van der Waals surface area contributed by atoms with Gasteiger partial charge in [-0.2, -0.15) is 0 Å². The van der Waals surface area contributed by atoms with E-state index in [1.54, 1.807) is 19.1 Å². The van der Waals surface area contributed by atoms with Crippen molar-refractivity contribution in [1.82, 2.24) is 0 Å². The van der Waals surface area contributed by atoms with Crippen molar-refractivity contribution < 1.29 is 9.53 Å². The molecule has 0 fully saturated rings. The number of esters is 1. The summed E-state index contributed by atoms with van der Waals surface area (Å²) >= 11 is 5.97. The SMILES string of the molecule is CCOC(=O)c1ccc(CC)c(Cl)c1. The molecule has 1 aromatic rings. The van der Waals surface area contributed by atoms with Crippen molar-refractivity contribution >= 4 is 17.6 Å². The van der Waals surface area contributed by atoms with Crippen LogP contribution in [-0.4, -0.2) is 12.6 Å². The van der Waals surface area contributed by atoms with Gasteiger partial charge in [-0.25, -0.2) is 4.79 Å². The molecule has 0 heterocycles. The molecule has 3 heteroatoms. The second kappa shape index (κ2) is 5.01. The van der Waals surface area contributed by atoms with Gasteiger partial charge < -0.3 is 4.74 Å². The topological polar surface area (TPSA) is 26.3 Å². The normalized spacial score (nSPS) is 9.93. The average Bonchev–Trinajstić information content (AvgIpc) is 2.18. The first-order chi connectivity index (χ1) is 6.69. The van der Waals surface area contributed by atoms with E-state index in [0.717, 1.165) is 12.0 Å². The van der Waals surface area contributed by atoms with Crippen molar-refractivity contribution in [2.75, 3.05) is 6.61 Å². The molecule has 0 aliphatic heterocycles. The quantitative estimate of drug-likeness (QED) is 0.720. The molecule has 1 aromatic carbocycles. The molecule has 0 N–H and O–H groups in total. The number of carbonyl (C=O) groups is 1. The summed E-state index contributed by atoms with van der Waals surface area (Å²) in [5, 5.41) is 0.623. The summed E-state index contributed by atoms with van der Waals surface area (Å²) in [4.78, 5) is 11.3. The van der Waals surface area contributed by atoms with Crippen LogP contribution < -0.4 is 0 Å². The van der Waals surface area contributed by atoms with Crippen LogP contribution in [-0.2, 0) is 11.2 Å². The number of halogens is 1. The Morgan fingerprint density at radius 2 is 2.14 bits per heavy atom. The van der Waals surface area contributed by atoms with Crippen LogP contribution in [0.2, 0.25) is 5.02 Å². The minimum Gasteiger partial charge on any atom is -0.462 e. The third-order valence-electron chi connectivity index (χ3n) is 1.95. The lowest BCUT2D eigenvalue weighted by atomic mass is 10.1. The third-order valence-corrected chi connectivity index (χ3v) is 2.30. The molecule has 0 saturated heterocycles. The lowest BCUT2D eigenvalue weighted by Gasteiger charge is -2.04. The van der Waals surface area contributed by atoms with Gasteiger partial charge in [0, 0.05) is 5.02 Å². The predicted molar refractivity (Wildman–Crippen MR) is 56.8 cm³/mol. The molecule has 0 saturated carbocycles. The summed E-state index contributed by atoms with van der Waals surface area (Å²) in [5.41, 5.74) is 1.55. The zero-order valence-electron chi connectivity index (χ0n) is 8.34. The van der Waals surface area contributed by atoms with Gasteiger partial charge in [-0.3, -0.25) is 0 Å². The number of hydrogen-bond acceptors (Lipinski definition) is 2. The molecular weight excluding hydrogens is 200 g/mol. The van der Waals surface area contributed by atoms with E-state index >= 15 is 0 Å². The van der Waals surface area contributed by atoms with Gasteiger partial charge in [-0.1, -0.05) is 24.6 Å². The van der Waals surface area contributed by atoms with E-state index in [-0.39, 0.29) is 5.97 Å². The average molecular weight is 213 g/mol. The minimum absolute atomic E-state index is 0.322. The van der Waals surface area contributed by atoms with Gasteiger partial charge in [0.05, 0.1) is 12.2 Å². The number of carbonyl (C=O) groups excluding carboxylic acids is 1. The van der Waals surface area contributed by atoms with Crippen LogP contribution in [0, 0.1) is 0 Å². The highest BCUT2D eigenvalue weighted by Crippen LogP contribution is 2.18. The fraction of sp³-hybridized carbons (Fsp3) is 0.364. The Morgan fingerprint density at radius 3 is 2.64 bits per heavy atom. The molecule has 76 valence electrons. The van der Waals surface area contributed by atoms with Gasteiger partial charge in [0.25, 0.3) is 0 Å². The molecule has 0 aliphatic rings. The van der Waals surface area contributed by atoms with Gasteiger partial charge in [0.15, 0.2) is 0 Å². The van der Waals surface area contributed by atoms with Crippen molar-refractivity contribution in [1.29, 1.82) is 0 Å². The molecule has 0 amide bonds. The summed E-state index contributed by atoms with van der Waals surface area (Å²) in [7, 11) is 0. The van der Waals surface area contributed by atoms with Gasteiger partial charge in [-0.05, 0) is 31.0 Å². The van der Waals surface area contributed by atoms with Crippen LogP contribution >= 0.6 is 11.6 Å². The largest absolute Gasteiger partial charge is 0.462 e. The highest BCUT2D eigenvalue weighted by atomic mass is 35.5. The molecule has 0 atom stereocenters. The maximum Gasteiger partial charge on any atom is 0.338 e. The number of aryl methyl sites for hydroxylation is 1. The summed E-state index contributed by atoms with van der Waals surface area (Å²) in [6.45, 7) is 4.18. The van der Waals surface area contributed by atoms with Crippen LogP contribution in [0.3, 0.4) is 0 Å². The minimum atomic E-state index is -0.322. The monoisotopic (exact) mass is 212 g/mol. The van der Waals surface area contributed by atoms with Crippen molar-refractivity contribution in [3.63, 3.8) is 0 Å². The smallest absolute Gasteiger partial charge is 0.338 e. The lowest BCUT2D eigenvalue weighted by molar-refractivity contribution is 0.0526. The fourth-order valence-electron chi connectivity index (χ4n) is 1.18. The number of ether oxygens (including phenoxy) is 1. The first-order valence-electron chi connectivity index (χ1n) is 4.64. The Morgan fingerprint density at radius 1 is 1.43 bits per heavy atom. The standard InChI is InChI=1S/C11H13ClO2/c1-3-8-5-6-9(7-10(8)12)11(13)14-4-2/h5-7H,3-4H2,1-2H3. The van der Waals surface area contributed by atoms with Crippen LogP contribution in [0.1, 0.15) is 29.8 Å². The first-order valence-corrected chi connectivity index (χ1v) is 5.02. The van der Waals surface area contributed by atoms with Crippen LogP contribution in [0.4, 0.5) is 0 Å².